The maximum atomic E-state index is 6.05. The summed E-state index contributed by atoms with van der Waals surface area (Å²) in [7, 11) is 0. The third-order valence-corrected chi connectivity index (χ3v) is 4.39. The summed E-state index contributed by atoms with van der Waals surface area (Å²) in [6, 6.07) is 6.32. The number of nitrogens with zero attached hydrogens (tertiary/aromatic N) is 1. The lowest BCUT2D eigenvalue weighted by Crippen LogP contribution is -2.21. The summed E-state index contributed by atoms with van der Waals surface area (Å²) in [4.78, 5) is 0. The fraction of sp³-hybridized carbons (Fsp3) is 0.429. The van der Waals surface area contributed by atoms with Crippen LogP contribution in [0.3, 0.4) is 0 Å². The van der Waals surface area contributed by atoms with E-state index in [0.717, 1.165) is 35.8 Å². The highest BCUT2D eigenvalue weighted by Gasteiger charge is 2.12. The van der Waals surface area contributed by atoms with E-state index in [0.29, 0.717) is 0 Å². The summed E-state index contributed by atoms with van der Waals surface area (Å²) in [6.45, 7) is 6.46. The molecule has 3 heteroatoms. The van der Waals surface area contributed by atoms with Gasteiger partial charge < -0.3 is 0 Å². The molecule has 0 radical (unpaired) electrons. The van der Waals surface area contributed by atoms with E-state index in [1.54, 1.807) is 0 Å². The second-order valence-electron chi connectivity index (χ2n) is 4.25. The van der Waals surface area contributed by atoms with Gasteiger partial charge in [-0.2, -0.15) is 0 Å². The first-order valence-electron chi connectivity index (χ1n) is 6.04. The monoisotopic (exact) mass is 267 g/mol. The van der Waals surface area contributed by atoms with Crippen molar-refractivity contribution >= 4 is 29.1 Å². The summed E-state index contributed by atoms with van der Waals surface area (Å²) in [5, 5.41) is 0.855. The summed E-state index contributed by atoms with van der Waals surface area (Å²) in [6.07, 6.45) is 3.48. The molecule has 0 saturated carbocycles. The van der Waals surface area contributed by atoms with Crippen LogP contribution < -0.4 is 0 Å². The normalized spacial score (nSPS) is 17.0. The highest BCUT2D eigenvalue weighted by atomic mass is 35.5. The number of benzene rings is 1. The maximum Gasteiger partial charge on any atom is 0.0435 e. The Kier molecular flexibility index (Phi) is 4.55. The SMILES string of the molecule is CCSN1CC=C(c2ccc(Cl)c(C)c2)CC1. The average Bonchev–Trinajstić information content (AvgIpc) is 2.34. The summed E-state index contributed by atoms with van der Waals surface area (Å²) >= 11 is 7.98. The minimum atomic E-state index is 0.855. The first kappa shape index (κ1) is 13.0. The van der Waals surface area contributed by atoms with Gasteiger partial charge in [-0.25, -0.2) is 4.31 Å². The Hall–Kier alpha value is -0.440. The van der Waals surface area contributed by atoms with Gasteiger partial charge in [-0.3, -0.25) is 0 Å². The van der Waals surface area contributed by atoms with Gasteiger partial charge >= 0.3 is 0 Å². The smallest absolute Gasteiger partial charge is 0.0435 e. The summed E-state index contributed by atoms with van der Waals surface area (Å²) in [5.41, 5.74) is 3.95. The van der Waals surface area contributed by atoms with Crippen LogP contribution in [0.15, 0.2) is 24.3 Å². The summed E-state index contributed by atoms with van der Waals surface area (Å²) in [5.74, 6) is 1.16. The zero-order chi connectivity index (χ0) is 12.3. The Bertz CT molecular complexity index is 428. The third kappa shape index (κ3) is 3.27. The first-order chi connectivity index (χ1) is 8.20. The molecule has 0 aromatic heterocycles. The molecular weight excluding hydrogens is 250 g/mol. The van der Waals surface area contributed by atoms with E-state index < -0.39 is 0 Å². The molecule has 0 unspecified atom stereocenters. The lowest BCUT2D eigenvalue weighted by atomic mass is 9.99. The van der Waals surface area contributed by atoms with Crippen molar-refractivity contribution in [1.82, 2.24) is 4.31 Å². The zero-order valence-electron chi connectivity index (χ0n) is 10.4. The van der Waals surface area contributed by atoms with Gasteiger partial charge in [-0.05, 0) is 36.1 Å². The number of hydrogen-bond acceptors (Lipinski definition) is 2. The van der Waals surface area contributed by atoms with Crippen molar-refractivity contribution in [1.29, 1.82) is 0 Å². The molecule has 0 amide bonds. The topological polar surface area (TPSA) is 3.24 Å². The van der Waals surface area contributed by atoms with E-state index in [4.69, 9.17) is 11.6 Å². The van der Waals surface area contributed by atoms with E-state index in [1.807, 2.05) is 18.0 Å². The van der Waals surface area contributed by atoms with Crippen LogP contribution in [0, 0.1) is 6.92 Å². The Morgan fingerprint density at radius 3 is 2.82 bits per heavy atom. The van der Waals surface area contributed by atoms with Crippen molar-refractivity contribution in [2.45, 2.75) is 20.3 Å². The quantitative estimate of drug-likeness (QED) is 0.747. The van der Waals surface area contributed by atoms with Gasteiger partial charge in [0.25, 0.3) is 0 Å². The van der Waals surface area contributed by atoms with Crippen LogP contribution in [0.25, 0.3) is 5.57 Å². The highest BCUT2D eigenvalue weighted by molar-refractivity contribution is 7.96. The minimum absolute atomic E-state index is 0.855. The van der Waals surface area contributed by atoms with Gasteiger partial charge in [0.15, 0.2) is 0 Å². The number of rotatable bonds is 3. The van der Waals surface area contributed by atoms with Gasteiger partial charge in [0.1, 0.15) is 0 Å². The molecule has 0 N–H and O–H groups in total. The van der Waals surface area contributed by atoms with Gasteiger partial charge in [0, 0.05) is 23.9 Å². The van der Waals surface area contributed by atoms with Gasteiger partial charge in [-0.15, -0.1) is 0 Å². The third-order valence-electron chi connectivity index (χ3n) is 3.01. The highest BCUT2D eigenvalue weighted by Crippen LogP contribution is 2.27. The molecule has 17 heavy (non-hydrogen) atoms. The zero-order valence-corrected chi connectivity index (χ0v) is 11.9. The molecule has 2 rings (SSSR count). The second-order valence-corrected chi connectivity index (χ2v) is 6.01. The maximum absolute atomic E-state index is 6.05. The molecule has 1 aromatic carbocycles. The van der Waals surface area contributed by atoms with Crippen molar-refractivity contribution < 1.29 is 0 Å². The fourth-order valence-corrected chi connectivity index (χ4v) is 2.94. The van der Waals surface area contributed by atoms with E-state index >= 15 is 0 Å². The van der Waals surface area contributed by atoms with Crippen LogP contribution in [0.1, 0.15) is 24.5 Å². The minimum Gasteiger partial charge on any atom is -0.246 e. The Morgan fingerprint density at radius 1 is 1.41 bits per heavy atom. The van der Waals surface area contributed by atoms with Gasteiger partial charge in [0.05, 0.1) is 0 Å². The first-order valence-corrected chi connectivity index (χ1v) is 7.36. The molecule has 0 fully saturated rings. The van der Waals surface area contributed by atoms with Crippen LogP contribution in [0.2, 0.25) is 5.02 Å². The fourth-order valence-electron chi connectivity index (χ4n) is 2.06. The standard InChI is InChI=1S/C14H18ClNS/c1-3-17-16-8-6-12(7-9-16)13-4-5-14(15)11(2)10-13/h4-6,10H,3,7-9H2,1-2H3. The number of halogens is 1. The predicted molar refractivity (Wildman–Crippen MR) is 78.5 cm³/mol. The average molecular weight is 268 g/mol. The van der Waals surface area contributed by atoms with Crippen LogP contribution in [-0.4, -0.2) is 23.1 Å². The van der Waals surface area contributed by atoms with Crippen molar-refractivity contribution in [3.63, 3.8) is 0 Å². The van der Waals surface area contributed by atoms with Crippen LogP contribution >= 0.6 is 23.5 Å². The molecule has 92 valence electrons. The van der Waals surface area contributed by atoms with Crippen LogP contribution in [0.4, 0.5) is 0 Å². The molecule has 1 aliphatic heterocycles. The summed E-state index contributed by atoms with van der Waals surface area (Å²) < 4.78 is 2.42. The largest absolute Gasteiger partial charge is 0.246 e. The number of aryl methyl sites for hydroxylation is 1. The predicted octanol–water partition coefficient (Wildman–Crippen LogP) is 4.41. The molecule has 0 bridgehead atoms. The second kappa shape index (κ2) is 5.94. The van der Waals surface area contributed by atoms with Crippen molar-refractivity contribution in [2.75, 3.05) is 18.8 Å². The van der Waals surface area contributed by atoms with Gasteiger partial charge in [0.2, 0.25) is 0 Å². The van der Waals surface area contributed by atoms with Crippen molar-refractivity contribution in [2.24, 2.45) is 0 Å². The molecule has 1 heterocycles. The van der Waals surface area contributed by atoms with Crippen LogP contribution in [0.5, 0.6) is 0 Å². The van der Waals surface area contributed by atoms with Crippen molar-refractivity contribution in [3.05, 3.63) is 40.4 Å². The van der Waals surface area contributed by atoms with Crippen LogP contribution in [-0.2, 0) is 0 Å². The molecule has 0 aliphatic carbocycles. The molecule has 0 saturated heterocycles. The van der Waals surface area contributed by atoms with E-state index in [9.17, 15) is 0 Å². The molecule has 1 aliphatic rings. The van der Waals surface area contributed by atoms with E-state index in [1.165, 1.54) is 11.1 Å². The Balaban J connectivity index is 2.11. The molecule has 1 aromatic rings. The van der Waals surface area contributed by atoms with Gasteiger partial charge in [-0.1, -0.05) is 48.7 Å². The molecule has 0 atom stereocenters. The Morgan fingerprint density at radius 2 is 2.24 bits per heavy atom. The molecule has 1 nitrogen and oxygen atoms in total. The number of hydrogen-bond donors (Lipinski definition) is 0. The van der Waals surface area contributed by atoms with E-state index in [-0.39, 0.29) is 0 Å². The molecular formula is C14H18ClNS. The lowest BCUT2D eigenvalue weighted by Gasteiger charge is -2.25. The van der Waals surface area contributed by atoms with E-state index in [2.05, 4.69) is 36.4 Å². The molecule has 0 spiro atoms. The van der Waals surface area contributed by atoms with Crippen molar-refractivity contribution in [3.8, 4) is 0 Å². The Labute approximate surface area is 113 Å². The lowest BCUT2D eigenvalue weighted by molar-refractivity contribution is 0.517.